The molecule has 0 fully saturated rings. The molecule has 0 saturated heterocycles. The molecule has 2 rings (SSSR count). The standard InChI is InChI=1S/C16H13F3O2/c1-2-21-14-8-6-11(7-9-14)15(20)12-4-3-5-13(10-12)16(17,18)19/h3-10H,2H2,1H3. The van der Waals surface area contributed by atoms with Gasteiger partial charge in [-0.1, -0.05) is 12.1 Å². The molecule has 0 radical (unpaired) electrons. The summed E-state index contributed by atoms with van der Waals surface area (Å²) in [4.78, 5) is 12.2. The number of ketones is 1. The zero-order chi connectivity index (χ0) is 15.5. The zero-order valence-electron chi connectivity index (χ0n) is 11.3. The van der Waals surface area contributed by atoms with E-state index in [1.807, 2.05) is 6.92 Å². The maximum atomic E-state index is 12.6. The fourth-order valence-electron chi connectivity index (χ4n) is 1.87. The summed E-state index contributed by atoms with van der Waals surface area (Å²) in [7, 11) is 0. The van der Waals surface area contributed by atoms with Crippen LogP contribution in [0.2, 0.25) is 0 Å². The van der Waals surface area contributed by atoms with Gasteiger partial charge in [0.2, 0.25) is 0 Å². The Hall–Kier alpha value is -2.30. The zero-order valence-corrected chi connectivity index (χ0v) is 11.3. The molecular weight excluding hydrogens is 281 g/mol. The average molecular weight is 294 g/mol. The lowest BCUT2D eigenvalue weighted by Gasteiger charge is -2.08. The van der Waals surface area contributed by atoms with Crippen LogP contribution >= 0.6 is 0 Å². The van der Waals surface area contributed by atoms with Crippen molar-refractivity contribution in [2.75, 3.05) is 6.61 Å². The monoisotopic (exact) mass is 294 g/mol. The Morgan fingerprint density at radius 3 is 2.29 bits per heavy atom. The predicted octanol–water partition coefficient (Wildman–Crippen LogP) is 4.34. The maximum Gasteiger partial charge on any atom is 0.416 e. The fourth-order valence-corrected chi connectivity index (χ4v) is 1.87. The molecule has 0 amide bonds. The van der Waals surface area contributed by atoms with Gasteiger partial charge in [0.05, 0.1) is 12.2 Å². The lowest BCUT2D eigenvalue weighted by Crippen LogP contribution is -2.08. The highest BCUT2D eigenvalue weighted by Gasteiger charge is 2.30. The minimum atomic E-state index is -4.46. The van der Waals surface area contributed by atoms with Crippen LogP contribution in [0.4, 0.5) is 13.2 Å². The van der Waals surface area contributed by atoms with E-state index in [-0.39, 0.29) is 5.56 Å². The number of hydrogen-bond donors (Lipinski definition) is 0. The minimum absolute atomic E-state index is 0.00832. The Morgan fingerprint density at radius 1 is 1.05 bits per heavy atom. The van der Waals surface area contributed by atoms with Crippen LogP contribution < -0.4 is 4.74 Å². The maximum absolute atomic E-state index is 12.6. The third kappa shape index (κ3) is 3.62. The van der Waals surface area contributed by atoms with Crippen LogP contribution in [0, 0.1) is 0 Å². The van der Waals surface area contributed by atoms with Crippen LogP contribution in [0.3, 0.4) is 0 Å². The first-order chi connectivity index (χ1) is 9.91. The summed E-state index contributed by atoms with van der Waals surface area (Å²) in [5.41, 5.74) is -0.508. The molecule has 0 spiro atoms. The third-order valence-electron chi connectivity index (χ3n) is 2.88. The van der Waals surface area contributed by atoms with Crippen molar-refractivity contribution >= 4 is 5.78 Å². The van der Waals surface area contributed by atoms with Crippen molar-refractivity contribution in [3.05, 3.63) is 65.2 Å². The van der Waals surface area contributed by atoms with Crippen LogP contribution in [-0.4, -0.2) is 12.4 Å². The molecule has 0 aliphatic heterocycles. The Balaban J connectivity index is 2.27. The van der Waals surface area contributed by atoms with E-state index in [0.29, 0.717) is 17.9 Å². The molecule has 0 aliphatic carbocycles. The lowest BCUT2D eigenvalue weighted by atomic mass is 10.0. The molecule has 2 aromatic carbocycles. The van der Waals surface area contributed by atoms with Gasteiger partial charge < -0.3 is 4.74 Å². The van der Waals surface area contributed by atoms with Crippen molar-refractivity contribution in [3.8, 4) is 5.75 Å². The van der Waals surface area contributed by atoms with E-state index in [1.54, 1.807) is 12.1 Å². The van der Waals surface area contributed by atoms with Gasteiger partial charge in [-0.3, -0.25) is 4.79 Å². The van der Waals surface area contributed by atoms with Crippen molar-refractivity contribution in [2.24, 2.45) is 0 Å². The highest BCUT2D eigenvalue weighted by Crippen LogP contribution is 2.30. The number of carbonyl (C=O) groups is 1. The molecule has 2 nitrogen and oxygen atoms in total. The molecule has 2 aromatic rings. The molecule has 0 heterocycles. The molecule has 0 aliphatic rings. The second kappa shape index (κ2) is 5.99. The summed E-state index contributed by atoms with van der Waals surface area (Å²) in [6.07, 6.45) is -4.46. The highest BCUT2D eigenvalue weighted by molar-refractivity contribution is 6.09. The van der Waals surface area contributed by atoms with Gasteiger partial charge in [-0.25, -0.2) is 0 Å². The molecule has 0 atom stereocenters. The summed E-state index contributed by atoms with van der Waals surface area (Å²) < 4.78 is 43.2. The fraction of sp³-hybridized carbons (Fsp3) is 0.188. The van der Waals surface area contributed by atoms with E-state index in [9.17, 15) is 18.0 Å². The number of carbonyl (C=O) groups excluding carboxylic acids is 1. The van der Waals surface area contributed by atoms with Crippen molar-refractivity contribution in [3.63, 3.8) is 0 Å². The van der Waals surface area contributed by atoms with Crippen molar-refractivity contribution < 1.29 is 22.7 Å². The first-order valence-electron chi connectivity index (χ1n) is 6.36. The van der Waals surface area contributed by atoms with Gasteiger partial charge in [0.15, 0.2) is 5.78 Å². The number of halogens is 3. The van der Waals surface area contributed by atoms with Gasteiger partial charge in [-0.15, -0.1) is 0 Å². The molecule has 0 saturated carbocycles. The van der Waals surface area contributed by atoms with Gasteiger partial charge in [-0.2, -0.15) is 13.2 Å². The normalized spacial score (nSPS) is 11.2. The van der Waals surface area contributed by atoms with E-state index >= 15 is 0 Å². The summed E-state index contributed by atoms with van der Waals surface area (Å²) in [5.74, 6) is 0.155. The summed E-state index contributed by atoms with van der Waals surface area (Å²) in [5, 5.41) is 0. The van der Waals surface area contributed by atoms with Gasteiger partial charge in [0, 0.05) is 11.1 Å². The second-order valence-electron chi connectivity index (χ2n) is 4.37. The molecule has 0 N–H and O–H groups in total. The smallest absolute Gasteiger partial charge is 0.416 e. The molecular formula is C16H13F3O2. The van der Waals surface area contributed by atoms with Crippen LogP contribution in [0.25, 0.3) is 0 Å². The Morgan fingerprint density at radius 2 is 1.71 bits per heavy atom. The van der Waals surface area contributed by atoms with Crippen molar-refractivity contribution in [1.82, 2.24) is 0 Å². The quantitative estimate of drug-likeness (QED) is 0.784. The number of benzene rings is 2. The molecule has 0 aromatic heterocycles. The molecule has 5 heteroatoms. The topological polar surface area (TPSA) is 26.3 Å². The van der Waals surface area contributed by atoms with E-state index in [4.69, 9.17) is 4.74 Å². The van der Waals surface area contributed by atoms with Crippen molar-refractivity contribution in [1.29, 1.82) is 0 Å². The van der Waals surface area contributed by atoms with Crippen LogP contribution in [0.1, 0.15) is 28.4 Å². The Kier molecular flexibility index (Phi) is 4.31. The first-order valence-corrected chi connectivity index (χ1v) is 6.36. The van der Waals surface area contributed by atoms with Gasteiger partial charge in [-0.05, 0) is 43.3 Å². The summed E-state index contributed by atoms with van der Waals surface area (Å²) in [6, 6.07) is 10.7. The van der Waals surface area contributed by atoms with E-state index in [2.05, 4.69) is 0 Å². The van der Waals surface area contributed by atoms with E-state index in [0.717, 1.165) is 12.1 Å². The molecule has 0 unspecified atom stereocenters. The summed E-state index contributed by atoms with van der Waals surface area (Å²) >= 11 is 0. The Labute approximate surface area is 120 Å². The molecule has 0 bridgehead atoms. The summed E-state index contributed by atoms with van der Waals surface area (Å²) in [6.45, 7) is 2.34. The Bertz CT molecular complexity index is 631. The second-order valence-corrected chi connectivity index (χ2v) is 4.37. The first kappa shape index (κ1) is 15.1. The highest BCUT2D eigenvalue weighted by atomic mass is 19.4. The minimum Gasteiger partial charge on any atom is -0.494 e. The SMILES string of the molecule is CCOc1ccc(C(=O)c2cccc(C(F)(F)F)c2)cc1. The largest absolute Gasteiger partial charge is 0.494 e. The number of ether oxygens (including phenoxy) is 1. The van der Waals surface area contributed by atoms with Gasteiger partial charge in [0.25, 0.3) is 0 Å². The lowest BCUT2D eigenvalue weighted by molar-refractivity contribution is -0.137. The van der Waals surface area contributed by atoms with Crippen LogP contribution in [0.5, 0.6) is 5.75 Å². The molecule has 110 valence electrons. The van der Waals surface area contributed by atoms with Gasteiger partial charge >= 0.3 is 6.18 Å². The molecule has 21 heavy (non-hydrogen) atoms. The number of hydrogen-bond acceptors (Lipinski definition) is 2. The number of rotatable bonds is 4. The van der Waals surface area contributed by atoms with E-state index < -0.39 is 17.5 Å². The van der Waals surface area contributed by atoms with Crippen LogP contribution in [-0.2, 0) is 6.18 Å². The number of alkyl halides is 3. The van der Waals surface area contributed by atoms with E-state index in [1.165, 1.54) is 24.3 Å². The average Bonchev–Trinajstić information content (AvgIpc) is 2.47. The third-order valence-corrected chi connectivity index (χ3v) is 2.88. The van der Waals surface area contributed by atoms with Crippen molar-refractivity contribution in [2.45, 2.75) is 13.1 Å². The van der Waals surface area contributed by atoms with Gasteiger partial charge in [0.1, 0.15) is 5.75 Å². The predicted molar refractivity (Wildman–Crippen MR) is 72.5 cm³/mol. The van der Waals surface area contributed by atoms with Crippen LogP contribution in [0.15, 0.2) is 48.5 Å².